The third kappa shape index (κ3) is 5.60. The summed E-state index contributed by atoms with van der Waals surface area (Å²) in [5, 5.41) is 2.60. The van der Waals surface area contributed by atoms with Crippen LogP contribution in [0.3, 0.4) is 0 Å². The van der Waals surface area contributed by atoms with E-state index >= 15 is 0 Å². The van der Waals surface area contributed by atoms with Gasteiger partial charge in [-0.2, -0.15) is 0 Å². The predicted octanol–water partition coefficient (Wildman–Crippen LogP) is -0.208. The van der Waals surface area contributed by atoms with Crippen LogP contribution in [0.2, 0.25) is 0 Å². The molecule has 1 amide bonds. The van der Waals surface area contributed by atoms with Crippen molar-refractivity contribution in [3.63, 3.8) is 0 Å². The van der Waals surface area contributed by atoms with Gasteiger partial charge < -0.3 is 16.0 Å². The van der Waals surface area contributed by atoms with E-state index < -0.39 is 0 Å². The lowest BCUT2D eigenvalue weighted by molar-refractivity contribution is -0.120. The number of hydrogen-bond acceptors (Lipinski definition) is 3. The average molecular weight is 187 g/mol. The lowest BCUT2D eigenvalue weighted by atomic mass is 10.2. The van der Waals surface area contributed by atoms with Crippen LogP contribution in [-0.4, -0.2) is 44.0 Å². The predicted molar refractivity (Wildman–Crippen MR) is 54.4 cm³/mol. The van der Waals surface area contributed by atoms with E-state index in [-0.39, 0.29) is 5.91 Å². The van der Waals surface area contributed by atoms with Crippen LogP contribution in [0.25, 0.3) is 0 Å². The number of hydrogen-bond donors (Lipinski definition) is 2. The van der Waals surface area contributed by atoms with Crippen LogP contribution >= 0.6 is 0 Å². The number of carbonyl (C=O) groups excluding carboxylic acids is 1. The van der Waals surface area contributed by atoms with Crippen molar-refractivity contribution in [1.29, 1.82) is 0 Å². The van der Waals surface area contributed by atoms with Crippen molar-refractivity contribution in [3.05, 3.63) is 0 Å². The van der Waals surface area contributed by atoms with Crippen molar-refractivity contribution >= 4 is 5.91 Å². The lowest BCUT2D eigenvalue weighted by Gasteiger charge is -2.23. The van der Waals surface area contributed by atoms with Gasteiger partial charge in [0.05, 0.1) is 0 Å². The summed E-state index contributed by atoms with van der Waals surface area (Å²) >= 11 is 0. The Morgan fingerprint density at radius 1 is 1.62 bits per heavy atom. The molecule has 78 valence electrons. The number of nitrogens with one attached hydrogen (secondary N) is 1. The van der Waals surface area contributed by atoms with Crippen LogP contribution in [0.4, 0.5) is 0 Å². The maximum Gasteiger partial charge on any atom is 0.221 e. The van der Waals surface area contributed by atoms with Crippen molar-refractivity contribution in [2.75, 3.05) is 27.2 Å². The first kappa shape index (κ1) is 12.4. The van der Waals surface area contributed by atoms with Crippen LogP contribution in [0.1, 0.15) is 19.8 Å². The molecule has 0 aliphatic carbocycles. The number of amides is 1. The van der Waals surface area contributed by atoms with Gasteiger partial charge in [0.25, 0.3) is 0 Å². The monoisotopic (exact) mass is 187 g/mol. The van der Waals surface area contributed by atoms with Crippen molar-refractivity contribution < 1.29 is 4.79 Å². The number of nitrogens with two attached hydrogens (primary N) is 1. The molecule has 0 saturated heterocycles. The van der Waals surface area contributed by atoms with E-state index in [1.807, 2.05) is 7.05 Å². The van der Waals surface area contributed by atoms with Gasteiger partial charge in [-0.25, -0.2) is 0 Å². The van der Waals surface area contributed by atoms with Crippen molar-refractivity contribution in [2.45, 2.75) is 25.8 Å². The smallest absolute Gasteiger partial charge is 0.221 e. The Morgan fingerprint density at radius 3 is 2.69 bits per heavy atom. The molecule has 0 bridgehead atoms. The van der Waals surface area contributed by atoms with E-state index in [1.54, 1.807) is 7.05 Å². The second-order valence-electron chi connectivity index (χ2n) is 3.33. The molecule has 0 radical (unpaired) electrons. The van der Waals surface area contributed by atoms with Gasteiger partial charge in [0, 0.05) is 26.1 Å². The molecule has 0 spiro atoms. The van der Waals surface area contributed by atoms with E-state index in [2.05, 4.69) is 17.1 Å². The van der Waals surface area contributed by atoms with Crippen LogP contribution < -0.4 is 11.1 Å². The SMILES string of the molecule is CNC(=O)CCN(C)C(C)CCN. The summed E-state index contributed by atoms with van der Waals surface area (Å²) < 4.78 is 0. The molecular weight excluding hydrogens is 166 g/mol. The number of carbonyl (C=O) groups is 1. The molecule has 0 saturated carbocycles. The highest BCUT2D eigenvalue weighted by atomic mass is 16.1. The molecule has 0 aromatic carbocycles. The molecule has 13 heavy (non-hydrogen) atoms. The van der Waals surface area contributed by atoms with Gasteiger partial charge >= 0.3 is 0 Å². The normalized spacial score (nSPS) is 13.0. The van der Waals surface area contributed by atoms with E-state index in [0.717, 1.165) is 13.0 Å². The highest BCUT2D eigenvalue weighted by molar-refractivity contribution is 5.75. The van der Waals surface area contributed by atoms with Crippen LogP contribution in [0.5, 0.6) is 0 Å². The minimum atomic E-state index is 0.0896. The Bertz CT molecular complexity index is 150. The van der Waals surface area contributed by atoms with Gasteiger partial charge in [-0.1, -0.05) is 0 Å². The zero-order valence-corrected chi connectivity index (χ0v) is 8.84. The van der Waals surface area contributed by atoms with Gasteiger partial charge in [0.2, 0.25) is 5.91 Å². The zero-order chi connectivity index (χ0) is 10.3. The molecule has 0 rings (SSSR count). The molecule has 0 aromatic rings. The van der Waals surface area contributed by atoms with Gasteiger partial charge in [0.15, 0.2) is 0 Å². The maximum atomic E-state index is 10.9. The molecule has 0 fully saturated rings. The summed E-state index contributed by atoms with van der Waals surface area (Å²) in [6, 6.07) is 0.453. The molecule has 3 N–H and O–H groups in total. The van der Waals surface area contributed by atoms with E-state index in [4.69, 9.17) is 5.73 Å². The molecule has 0 heterocycles. The summed E-state index contributed by atoms with van der Waals surface area (Å²) in [5.41, 5.74) is 5.44. The minimum Gasteiger partial charge on any atom is -0.359 e. The topological polar surface area (TPSA) is 58.4 Å². The Hall–Kier alpha value is -0.610. The second kappa shape index (κ2) is 6.86. The molecular formula is C9H21N3O. The Morgan fingerprint density at radius 2 is 2.23 bits per heavy atom. The molecule has 4 nitrogen and oxygen atoms in total. The molecule has 0 aliphatic heterocycles. The third-order valence-electron chi connectivity index (χ3n) is 2.31. The minimum absolute atomic E-state index is 0.0896. The number of rotatable bonds is 6. The molecule has 0 aliphatic rings. The van der Waals surface area contributed by atoms with Gasteiger partial charge in [0.1, 0.15) is 0 Å². The van der Waals surface area contributed by atoms with Crippen LogP contribution in [0.15, 0.2) is 0 Å². The Balaban J connectivity index is 3.60. The first-order chi connectivity index (χ1) is 6.11. The fourth-order valence-electron chi connectivity index (χ4n) is 1.08. The van der Waals surface area contributed by atoms with Crippen molar-refractivity contribution in [2.24, 2.45) is 5.73 Å². The molecule has 1 atom stereocenters. The summed E-state index contributed by atoms with van der Waals surface area (Å²) in [5.74, 6) is 0.0896. The van der Waals surface area contributed by atoms with Gasteiger partial charge in [-0.3, -0.25) is 4.79 Å². The highest BCUT2D eigenvalue weighted by Gasteiger charge is 2.08. The van der Waals surface area contributed by atoms with Gasteiger partial charge in [-0.15, -0.1) is 0 Å². The molecule has 1 unspecified atom stereocenters. The summed E-state index contributed by atoms with van der Waals surface area (Å²) in [6.45, 7) is 3.61. The first-order valence-corrected chi connectivity index (χ1v) is 4.72. The summed E-state index contributed by atoms with van der Waals surface area (Å²) in [4.78, 5) is 13.1. The Labute approximate surface area is 80.5 Å². The average Bonchev–Trinajstić information content (AvgIpc) is 2.13. The molecule has 4 heteroatoms. The molecule has 0 aromatic heterocycles. The van der Waals surface area contributed by atoms with Gasteiger partial charge in [-0.05, 0) is 26.9 Å². The fourth-order valence-corrected chi connectivity index (χ4v) is 1.08. The van der Waals surface area contributed by atoms with Crippen molar-refractivity contribution in [3.8, 4) is 0 Å². The maximum absolute atomic E-state index is 10.9. The van der Waals surface area contributed by atoms with Crippen LogP contribution in [0, 0.1) is 0 Å². The van der Waals surface area contributed by atoms with Crippen molar-refractivity contribution in [1.82, 2.24) is 10.2 Å². The number of nitrogens with zero attached hydrogens (tertiary/aromatic N) is 1. The first-order valence-electron chi connectivity index (χ1n) is 4.72. The summed E-state index contributed by atoms with van der Waals surface area (Å²) in [7, 11) is 3.68. The highest BCUT2D eigenvalue weighted by Crippen LogP contribution is 2.00. The fraction of sp³-hybridized carbons (Fsp3) is 0.889. The largest absolute Gasteiger partial charge is 0.359 e. The Kier molecular flexibility index (Phi) is 6.54. The van der Waals surface area contributed by atoms with E-state index in [9.17, 15) is 4.79 Å². The van der Waals surface area contributed by atoms with E-state index in [0.29, 0.717) is 19.0 Å². The van der Waals surface area contributed by atoms with Crippen LogP contribution in [-0.2, 0) is 4.79 Å². The van der Waals surface area contributed by atoms with E-state index in [1.165, 1.54) is 0 Å². The third-order valence-corrected chi connectivity index (χ3v) is 2.31. The summed E-state index contributed by atoms with van der Waals surface area (Å²) in [6.07, 6.45) is 1.53. The lowest BCUT2D eigenvalue weighted by Crippen LogP contribution is -2.34. The standard InChI is InChI=1S/C9H21N3O/c1-8(4-6-10)12(3)7-5-9(13)11-2/h8H,4-7,10H2,1-3H3,(H,11,13). The quantitative estimate of drug-likeness (QED) is 0.605. The second-order valence-corrected chi connectivity index (χ2v) is 3.33. The zero-order valence-electron chi connectivity index (χ0n) is 8.84.